The highest BCUT2D eigenvalue weighted by molar-refractivity contribution is 6.23. The van der Waals surface area contributed by atoms with Gasteiger partial charge in [0.15, 0.2) is 0 Å². The molecule has 46 heavy (non-hydrogen) atoms. The number of fused-ring (bicyclic) bond motifs is 6. The van der Waals surface area contributed by atoms with Gasteiger partial charge in [0.25, 0.3) is 0 Å². The van der Waals surface area contributed by atoms with E-state index in [0.717, 1.165) is 60.9 Å². The number of hydrogen-bond acceptors (Lipinski definition) is 2. The van der Waals surface area contributed by atoms with Crippen LogP contribution in [0.2, 0.25) is 0 Å². The number of para-hydroxylation sites is 1. The van der Waals surface area contributed by atoms with Crippen molar-refractivity contribution in [2.24, 2.45) is 0 Å². The second-order valence-electron chi connectivity index (χ2n) is 11.7. The summed E-state index contributed by atoms with van der Waals surface area (Å²) in [7, 11) is 0. The summed E-state index contributed by atoms with van der Waals surface area (Å²) in [4.78, 5) is 2.40. The number of furan rings is 1. The third-order valence-electron chi connectivity index (χ3n) is 9.05. The van der Waals surface area contributed by atoms with Crippen molar-refractivity contribution in [2.75, 3.05) is 4.90 Å². The quantitative estimate of drug-likeness (QED) is 0.199. The van der Waals surface area contributed by atoms with E-state index in [0.29, 0.717) is 0 Å². The molecule has 0 saturated carbocycles. The summed E-state index contributed by atoms with van der Waals surface area (Å²) in [6, 6.07) is 62.6. The number of nitrogens with zero attached hydrogens (tertiary/aromatic N) is 1. The molecule has 0 fully saturated rings. The van der Waals surface area contributed by atoms with Gasteiger partial charge in [0.1, 0.15) is 11.2 Å². The predicted octanol–water partition coefficient (Wildman–Crippen LogP) is 12.7. The fourth-order valence-electron chi connectivity index (χ4n) is 6.92. The van der Waals surface area contributed by atoms with Crippen molar-refractivity contribution in [3.63, 3.8) is 0 Å². The summed E-state index contributed by atoms with van der Waals surface area (Å²) in [5.41, 5.74) is 9.90. The van der Waals surface area contributed by atoms with Crippen molar-refractivity contribution in [2.45, 2.75) is 0 Å². The SMILES string of the molecule is c1ccc(-c2ccc(-c3cccc4oc5c6ccccc6c(N(c6ccccc6)c6cccc7ccccc67)cc5c34)cc2)cc1. The van der Waals surface area contributed by atoms with Gasteiger partial charge in [0.2, 0.25) is 0 Å². The molecule has 0 atom stereocenters. The Hall–Kier alpha value is -6.12. The largest absolute Gasteiger partial charge is 0.455 e. The highest BCUT2D eigenvalue weighted by atomic mass is 16.3. The molecule has 0 saturated heterocycles. The third kappa shape index (κ3) is 4.27. The van der Waals surface area contributed by atoms with Crippen molar-refractivity contribution in [1.29, 1.82) is 0 Å². The highest BCUT2D eigenvalue weighted by Gasteiger charge is 2.22. The Labute approximate surface area is 267 Å². The normalized spacial score (nSPS) is 11.5. The van der Waals surface area contributed by atoms with Crippen LogP contribution in [0, 0.1) is 0 Å². The molecule has 0 amide bonds. The van der Waals surface area contributed by atoms with E-state index in [1.807, 2.05) is 0 Å². The molecule has 0 radical (unpaired) electrons. The Kier molecular flexibility index (Phi) is 6.17. The van der Waals surface area contributed by atoms with Crippen molar-refractivity contribution in [3.05, 3.63) is 176 Å². The van der Waals surface area contributed by atoms with Crippen molar-refractivity contribution in [3.8, 4) is 22.3 Å². The lowest BCUT2D eigenvalue weighted by atomic mass is 9.95. The van der Waals surface area contributed by atoms with Crippen LogP contribution >= 0.6 is 0 Å². The van der Waals surface area contributed by atoms with E-state index in [1.54, 1.807) is 0 Å². The standard InChI is InChI=1S/C44H29NO/c1-3-13-30(14-4-1)31-25-27-33(28-26-31)36-22-12-24-42-43(36)39-29-41(37-20-9-10-21-38(37)44(39)46-42)45(34-17-5-2-6-18-34)40-23-11-16-32-15-7-8-19-35(32)40/h1-29H. The molecule has 8 aromatic carbocycles. The molecule has 0 spiro atoms. The first-order valence-corrected chi connectivity index (χ1v) is 15.7. The number of rotatable bonds is 5. The number of hydrogen-bond donors (Lipinski definition) is 0. The number of benzene rings is 8. The van der Waals surface area contributed by atoms with Gasteiger partial charge in [0.05, 0.1) is 11.4 Å². The first-order valence-electron chi connectivity index (χ1n) is 15.7. The molecule has 0 aliphatic rings. The minimum Gasteiger partial charge on any atom is -0.455 e. The maximum atomic E-state index is 6.72. The minimum absolute atomic E-state index is 0.887. The van der Waals surface area contributed by atoms with Gasteiger partial charge in [-0.15, -0.1) is 0 Å². The Morgan fingerprint density at radius 3 is 1.80 bits per heavy atom. The molecule has 216 valence electrons. The fraction of sp³-hybridized carbons (Fsp3) is 0. The zero-order chi connectivity index (χ0) is 30.5. The topological polar surface area (TPSA) is 16.4 Å². The van der Waals surface area contributed by atoms with Gasteiger partial charge >= 0.3 is 0 Å². The first kappa shape index (κ1) is 26.3. The summed E-state index contributed by atoms with van der Waals surface area (Å²) >= 11 is 0. The highest BCUT2D eigenvalue weighted by Crippen LogP contribution is 2.47. The van der Waals surface area contributed by atoms with E-state index in [1.165, 1.54) is 21.9 Å². The zero-order valence-electron chi connectivity index (χ0n) is 25.1. The van der Waals surface area contributed by atoms with Crippen LogP contribution in [0.4, 0.5) is 17.1 Å². The van der Waals surface area contributed by atoms with E-state index < -0.39 is 0 Å². The molecule has 1 heterocycles. The molecule has 0 bridgehead atoms. The molecule has 0 aliphatic carbocycles. The van der Waals surface area contributed by atoms with Gasteiger partial charge in [0, 0.05) is 32.6 Å². The van der Waals surface area contributed by atoms with Crippen LogP contribution in [0.25, 0.3) is 65.7 Å². The van der Waals surface area contributed by atoms with E-state index in [2.05, 4.69) is 181 Å². The van der Waals surface area contributed by atoms with Gasteiger partial charge < -0.3 is 9.32 Å². The van der Waals surface area contributed by atoms with Crippen LogP contribution in [0.3, 0.4) is 0 Å². The fourth-order valence-corrected chi connectivity index (χ4v) is 6.92. The molecule has 0 unspecified atom stereocenters. The molecule has 0 aliphatic heterocycles. The average molecular weight is 588 g/mol. The molecule has 2 nitrogen and oxygen atoms in total. The molecule has 1 aromatic heterocycles. The number of anilines is 3. The van der Waals surface area contributed by atoms with Crippen molar-refractivity contribution < 1.29 is 4.42 Å². The Morgan fingerprint density at radius 2 is 1.00 bits per heavy atom. The molecular weight excluding hydrogens is 558 g/mol. The predicted molar refractivity (Wildman–Crippen MR) is 194 cm³/mol. The third-order valence-corrected chi connectivity index (χ3v) is 9.05. The van der Waals surface area contributed by atoms with Crippen LogP contribution in [-0.2, 0) is 0 Å². The molecule has 2 heteroatoms. The maximum Gasteiger partial charge on any atom is 0.143 e. The van der Waals surface area contributed by atoms with Gasteiger partial charge in [-0.1, -0.05) is 146 Å². The van der Waals surface area contributed by atoms with Crippen molar-refractivity contribution >= 4 is 60.5 Å². The monoisotopic (exact) mass is 587 g/mol. The molecular formula is C44H29NO. The smallest absolute Gasteiger partial charge is 0.143 e. The maximum absolute atomic E-state index is 6.72. The lowest BCUT2D eigenvalue weighted by molar-refractivity contribution is 0.673. The second kappa shape index (κ2) is 10.8. The molecule has 9 aromatic rings. The van der Waals surface area contributed by atoms with E-state index in [9.17, 15) is 0 Å². The average Bonchev–Trinajstić information content (AvgIpc) is 3.52. The van der Waals surface area contributed by atoms with E-state index >= 15 is 0 Å². The molecule has 0 N–H and O–H groups in total. The van der Waals surface area contributed by atoms with Crippen LogP contribution in [0.15, 0.2) is 180 Å². The van der Waals surface area contributed by atoms with Gasteiger partial charge in [-0.05, 0) is 58.0 Å². The Balaban J connectivity index is 1.33. The van der Waals surface area contributed by atoms with E-state index in [4.69, 9.17) is 4.42 Å². The summed E-state index contributed by atoms with van der Waals surface area (Å²) in [5, 5.41) is 6.88. The zero-order valence-corrected chi connectivity index (χ0v) is 25.1. The van der Waals surface area contributed by atoms with Gasteiger partial charge in [-0.3, -0.25) is 0 Å². The minimum atomic E-state index is 0.887. The van der Waals surface area contributed by atoms with E-state index in [-0.39, 0.29) is 0 Å². The summed E-state index contributed by atoms with van der Waals surface area (Å²) in [5.74, 6) is 0. The van der Waals surface area contributed by atoms with Crippen LogP contribution in [0.1, 0.15) is 0 Å². The van der Waals surface area contributed by atoms with Crippen LogP contribution in [0.5, 0.6) is 0 Å². The van der Waals surface area contributed by atoms with Crippen LogP contribution < -0.4 is 4.90 Å². The van der Waals surface area contributed by atoms with Gasteiger partial charge in [-0.2, -0.15) is 0 Å². The Morgan fingerprint density at radius 1 is 0.391 bits per heavy atom. The lowest BCUT2D eigenvalue weighted by Gasteiger charge is -2.28. The van der Waals surface area contributed by atoms with Gasteiger partial charge in [-0.25, -0.2) is 0 Å². The lowest BCUT2D eigenvalue weighted by Crippen LogP contribution is -2.11. The summed E-state index contributed by atoms with van der Waals surface area (Å²) in [6.45, 7) is 0. The second-order valence-corrected chi connectivity index (χ2v) is 11.7. The molecule has 9 rings (SSSR count). The summed E-state index contributed by atoms with van der Waals surface area (Å²) < 4.78 is 6.72. The first-order chi connectivity index (χ1) is 22.8. The van der Waals surface area contributed by atoms with Crippen molar-refractivity contribution in [1.82, 2.24) is 0 Å². The van der Waals surface area contributed by atoms with Crippen LogP contribution in [-0.4, -0.2) is 0 Å². The summed E-state index contributed by atoms with van der Waals surface area (Å²) in [6.07, 6.45) is 0. The Bertz CT molecular complexity index is 2510.